The fourth-order valence-electron chi connectivity index (χ4n) is 2.53. The molecule has 1 N–H and O–H groups in total. The van der Waals surface area contributed by atoms with E-state index in [0.717, 1.165) is 5.82 Å². The third-order valence-electron chi connectivity index (χ3n) is 3.69. The molecule has 2 rings (SSSR count). The van der Waals surface area contributed by atoms with Gasteiger partial charge in [0.05, 0.1) is 0 Å². The lowest BCUT2D eigenvalue weighted by atomic mass is 10.00. The van der Waals surface area contributed by atoms with Crippen molar-refractivity contribution in [2.75, 3.05) is 37.0 Å². The molecule has 0 bridgehead atoms. The van der Waals surface area contributed by atoms with Crippen LogP contribution in [0.25, 0.3) is 0 Å². The predicted molar refractivity (Wildman–Crippen MR) is 87.2 cm³/mol. The number of hydrogen-bond acceptors (Lipinski definition) is 6. The van der Waals surface area contributed by atoms with Crippen LogP contribution in [-0.4, -0.2) is 54.1 Å². The van der Waals surface area contributed by atoms with Crippen LogP contribution in [-0.2, 0) is 4.79 Å². The number of nitrogens with one attached hydrogen (secondary N) is 1. The molecule has 1 aliphatic rings. The zero-order valence-electron chi connectivity index (χ0n) is 14.3. The molecule has 1 aliphatic heterocycles. The lowest BCUT2D eigenvalue weighted by molar-refractivity contribution is -0.124. The summed E-state index contributed by atoms with van der Waals surface area (Å²) in [5.41, 5.74) is 0. The van der Waals surface area contributed by atoms with Crippen LogP contribution in [0.15, 0.2) is 0 Å². The standard InChI is InChI=1S/C15H26N6O/c1-9(2)11-13(22)16-7-8-21(11)15-18-12(10(3)4)17-14(19-15)20(5)6/h9-11H,7-8H2,1-6H3,(H,16,22)/t11-/m0/s1. The maximum absolute atomic E-state index is 12.2. The largest absolute Gasteiger partial charge is 0.353 e. The van der Waals surface area contributed by atoms with Crippen molar-refractivity contribution in [2.45, 2.75) is 39.7 Å². The van der Waals surface area contributed by atoms with Crippen molar-refractivity contribution in [3.8, 4) is 0 Å². The van der Waals surface area contributed by atoms with Gasteiger partial charge in [0.25, 0.3) is 0 Å². The van der Waals surface area contributed by atoms with Gasteiger partial charge in [-0.15, -0.1) is 0 Å². The van der Waals surface area contributed by atoms with E-state index in [-0.39, 0.29) is 23.8 Å². The van der Waals surface area contributed by atoms with E-state index >= 15 is 0 Å². The number of carbonyl (C=O) groups is 1. The molecular weight excluding hydrogens is 280 g/mol. The van der Waals surface area contributed by atoms with Crippen molar-refractivity contribution in [1.29, 1.82) is 0 Å². The summed E-state index contributed by atoms with van der Waals surface area (Å²) >= 11 is 0. The Hall–Kier alpha value is -1.92. The lowest BCUT2D eigenvalue weighted by Gasteiger charge is -2.37. The van der Waals surface area contributed by atoms with Crippen molar-refractivity contribution in [3.63, 3.8) is 0 Å². The highest BCUT2D eigenvalue weighted by Gasteiger charge is 2.34. The van der Waals surface area contributed by atoms with Gasteiger partial charge in [-0.1, -0.05) is 27.7 Å². The normalized spacial score (nSPS) is 18.8. The SMILES string of the molecule is CC(C)c1nc(N(C)C)nc(N2CCNC(=O)[C@@H]2C(C)C)n1. The Labute approximate surface area is 132 Å². The van der Waals surface area contributed by atoms with Gasteiger partial charge >= 0.3 is 0 Å². The maximum Gasteiger partial charge on any atom is 0.243 e. The summed E-state index contributed by atoms with van der Waals surface area (Å²) in [7, 11) is 3.82. The monoisotopic (exact) mass is 306 g/mol. The minimum Gasteiger partial charge on any atom is -0.353 e. The molecule has 2 heterocycles. The number of hydrogen-bond donors (Lipinski definition) is 1. The van der Waals surface area contributed by atoms with E-state index in [1.54, 1.807) is 0 Å². The Bertz CT molecular complexity index is 517. The summed E-state index contributed by atoms with van der Waals surface area (Å²) in [4.78, 5) is 29.7. The van der Waals surface area contributed by atoms with E-state index in [9.17, 15) is 4.79 Å². The molecule has 0 spiro atoms. The van der Waals surface area contributed by atoms with Crippen molar-refractivity contribution in [3.05, 3.63) is 5.82 Å². The van der Waals surface area contributed by atoms with Crippen molar-refractivity contribution >= 4 is 17.8 Å². The topological polar surface area (TPSA) is 74.2 Å². The van der Waals surface area contributed by atoms with Gasteiger partial charge in [0.15, 0.2) is 0 Å². The third-order valence-corrected chi connectivity index (χ3v) is 3.69. The van der Waals surface area contributed by atoms with Gasteiger partial charge in [-0.25, -0.2) is 0 Å². The van der Waals surface area contributed by atoms with Crippen LogP contribution in [0.2, 0.25) is 0 Å². The van der Waals surface area contributed by atoms with Crippen LogP contribution in [0.1, 0.15) is 39.4 Å². The third kappa shape index (κ3) is 3.28. The van der Waals surface area contributed by atoms with Crippen LogP contribution in [0.3, 0.4) is 0 Å². The van der Waals surface area contributed by atoms with Gasteiger partial charge in [-0.05, 0) is 5.92 Å². The molecule has 0 unspecified atom stereocenters. The molecule has 1 aromatic heterocycles. The Balaban J connectivity index is 2.47. The first-order valence-electron chi connectivity index (χ1n) is 7.79. The van der Waals surface area contributed by atoms with Gasteiger partial charge in [-0.3, -0.25) is 4.79 Å². The summed E-state index contributed by atoms with van der Waals surface area (Å²) in [6.07, 6.45) is 0. The van der Waals surface area contributed by atoms with Crippen LogP contribution in [0.5, 0.6) is 0 Å². The van der Waals surface area contributed by atoms with E-state index in [0.29, 0.717) is 25.0 Å². The second kappa shape index (κ2) is 6.46. The van der Waals surface area contributed by atoms with Crippen molar-refractivity contribution < 1.29 is 4.79 Å². The molecule has 122 valence electrons. The molecule has 0 aromatic carbocycles. The van der Waals surface area contributed by atoms with Gasteiger partial charge in [-0.2, -0.15) is 15.0 Å². The van der Waals surface area contributed by atoms with E-state index in [1.165, 1.54) is 0 Å². The van der Waals surface area contributed by atoms with Crippen LogP contribution in [0, 0.1) is 5.92 Å². The minimum atomic E-state index is -0.244. The molecule has 1 fully saturated rings. The zero-order chi connectivity index (χ0) is 16.4. The minimum absolute atomic E-state index is 0.0409. The van der Waals surface area contributed by atoms with E-state index in [1.807, 2.05) is 37.7 Å². The Morgan fingerprint density at radius 2 is 1.86 bits per heavy atom. The van der Waals surface area contributed by atoms with E-state index in [4.69, 9.17) is 0 Å². The summed E-state index contributed by atoms with van der Waals surface area (Å²) in [5.74, 6) is 2.40. The van der Waals surface area contributed by atoms with Crippen LogP contribution < -0.4 is 15.1 Å². The quantitative estimate of drug-likeness (QED) is 0.895. The molecule has 1 amide bonds. The van der Waals surface area contributed by atoms with Gasteiger partial charge in [0, 0.05) is 33.1 Å². The first-order chi connectivity index (χ1) is 10.3. The number of aromatic nitrogens is 3. The molecular formula is C15H26N6O. The molecule has 7 heteroatoms. The fraction of sp³-hybridized carbons (Fsp3) is 0.733. The highest BCUT2D eigenvalue weighted by molar-refractivity contribution is 5.86. The van der Waals surface area contributed by atoms with Crippen molar-refractivity contribution in [1.82, 2.24) is 20.3 Å². The fourth-order valence-corrected chi connectivity index (χ4v) is 2.53. The number of amides is 1. The molecule has 1 saturated heterocycles. The van der Waals surface area contributed by atoms with Crippen molar-refractivity contribution in [2.24, 2.45) is 5.92 Å². The first-order valence-corrected chi connectivity index (χ1v) is 7.79. The average Bonchev–Trinajstić information content (AvgIpc) is 2.45. The van der Waals surface area contributed by atoms with Gasteiger partial charge in [0.2, 0.25) is 17.8 Å². The summed E-state index contributed by atoms with van der Waals surface area (Å²) < 4.78 is 0. The summed E-state index contributed by atoms with van der Waals surface area (Å²) in [6, 6.07) is -0.244. The Kier molecular flexibility index (Phi) is 4.83. The van der Waals surface area contributed by atoms with Gasteiger partial charge < -0.3 is 15.1 Å². The van der Waals surface area contributed by atoms with Crippen LogP contribution >= 0.6 is 0 Å². The summed E-state index contributed by atoms with van der Waals surface area (Å²) in [6.45, 7) is 9.52. The van der Waals surface area contributed by atoms with Crippen LogP contribution in [0.4, 0.5) is 11.9 Å². The molecule has 0 saturated carbocycles. The molecule has 0 radical (unpaired) electrons. The number of piperazine rings is 1. The molecule has 1 aromatic rings. The predicted octanol–water partition coefficient (Wildman–Crippen LogP) is 1.02. The highest BCUT2D eigenvalue weighted by Crippen LogP contribution is 2.23. The smallest absolute Gasteiger partial charge is 0.243 e. The number of carbonyl (C=O) groups excluding carboxylic acids is 1. The second-order valence-electron chi connectivity index (χ2n) is 6.52. The Morgan fingerprint density at radius 1 is 1.18 bits per heavy atom. The van der Waals surface area contributed by atoms with Gasteiger partial charge in [0.1, 0.15) is 11.9 Å². The molecule has 0 aliphatic carbocycles. The Morgan fingerprint density at radius 3 is 2.41 bits per heavy atom. The molecule has 1 atom stereocenters. The van der Waals surface area contributed by atoms with E-state index < -0.39 is 0 Å². The summed E-state index contributed by atoms with van der Waals surface area (Å²) in [5, 5.41) is 2.93. The molecule has 7 nitrogen and oxygen atoms in total. The lowest BCUT2D eigenvalue weighted by Crippen LogP contribution is -2.58. The highest BCUT2D eigenvalue weighted by atomic mass is 16.2. The maximum atomic E-state index is 12.2. The molecule has 22 heavy (non-hydrogen) atoms. The van der Waals surface area contributed by atoms with E-state index in [2.05, 4.69) is 34.1 Å². The number of anilines is 2. The zero-order valence-corrected chi connectivity index (χ0v) is 14.3. The second-order valence-corrected chi connectivity index (χ2v) is 6.52. The first kappa shape index (κ1) is 16.5. The number of nitrogens with zero attached hydrogens (tertiary/aromatic N) is 5. The average molecular weight is 306 g/mol. The number of rotatable bonds is 4.